The van der Waals surface area contributed by atoms with Crippen LogP contribution in [0.1, 0.15) is 36.6 Å². The Bertz CT molecular complexity index is 870. The molecule has 0 aliphatic rings. The molecular formula is C20H24N2O3S. The second-order valence-electron chi connectivity index (χ2n) is 6.15. The maximum atomic E-state index is 12.1. The fourth-order valence-corrected chi connectivity index (χ4v) is 3.00. The SMILES string of the molecule is CCc1ccc(/C=C/C(=O)NC(C)c2ccc(NS(C)(=O)=O)cc2)cc1. The molecule has 1 amide bonds. The largest absolute Gasteiger partial charge is 0.346 e. The van der Waals surface area contributed by atoms with Gasteiger partial charge in [0.05, 0.1) is 12.3 Å². The lowest BCUT2D eigenvalue weighted by atomic mass is 10.1. The summed E-state index contributed by atoms with van der Waals surface area (Å²) in [5, 5.41) is 2.89. The van der Waals surface area contributed by atoms with Gasteiger partial charge in [-0.25, -0.2) is 8.42 Å². The van der Waals surface area contributed by atoms with E-state index in [1.54, 1.807) is 30.3 Å². The Morgan fingerprint density at radius 1 is 1.08 bits per heavy atom. The standard InChI is InChI=1S/C20H24N2O3S/c1-4-16-5-7-17(8-6-16)9-14-20(23)21-15(2)18-10-12-19(13-11-18)22-26(3,24)25/h5-15,22H,4H2,1-3H3,(H,21,23)/b14-9+. The van der Waals surface area contributed by atoms with Crippen molar-refractivity contribution in [3.8, 4) is 0 Å². The second kappa shape index (κ2) is 8.67. The molecular weight excluding hydrogens is 348 g/mol. The van der Waals surface area contributed by atoms with Gasteiger partial charge in [0.25, 0.3) is 0 Å². The molecule has 0 fully saturated rings. The predicted molar refractivity (Wildman–Crippen MR) is 106 cm³/mol. The number of nitrogens with one attached hydrogen (secondary N) is 2. The van der Waals surface area contributed by atoms with E-state index in [9.17, 15) is 13.2 Å². The van der Waals surface area contributed by atoms with Gasteiger partial charge in [-0.15, -0.1) is 0 Å². The van der Waals surface area contributed by atoms with Crippen molar-refractivity contribution in [2.75, 3.05) is 11.0 Å². The van der Waals surface area contributed by atoms with Crippen LogP contribution in [0.5, 0.6) is 0 Å². The maximum Gasteiger partial charge on any atom is 0.244 e. The molecule has 0 aliphatic carbocycles. The van der Waals surface area contributed by atoms with E-state index in [1.807, 2.05) is 31.2 Å². The summed E-state index contributed by atoms with van der Waals surface area (Å²) in [7, 11) is -3.30. The summed E-state index contributed by atoms with van der Waals surface area (Å²) in [5.41, 5.74) is 3.61. The number of carbonyl (C=O) groups is 1. The first-order chi connectivity index (χ1) is 12.3. The average Bonchev–Trinajstić information content (AvgIpc) is 2.59. The molecule has 0 spiro atoms. The number of benzene rings is 2. The number of anilines is 1. The van der Waals surface area contributed by atoms with Crippen molar-refractivity contribution in [2.45, 2.75) is 26.3 Å². The average molecular weight is 372 g/mol. The van der Waals surface area contributed by atoms with Crippen LogP contribution >= 0.6 is 0 Å². The third kappa shape index (κ3) is 6.37. The number of aryl methyl sites for hydroxylation is 1. The lowest BCUT2D eigenvalue weighted by molar-refractivity contribution is -0.117. The number of hydrogen-bond acceptors (Lipinski definition) is 3. The molecule has 2 aromatic carbocycles. The first-order valence-electron chi connectivity index (χ1n) is 8.42. The summed E-state index contributed by atoms with van der Waals surface area (Å²) in [6, 6.07) is 14.8. The van der Waals surface area contributed by atoms with Crippen molar-refractivity contribution in [2.24, 2.45) is 0 Å². The van der Waals surface area contributed by atoms with Crippen LogP contribution in [0.3, 0.4) is 0 Å². The van der Waals surface area contributed by atoms with E-state index < -0.39 is 10.0 Å². The molecule has 6 heteroatoms. The summed E-state index contributed by atoms with van der Waals surface area (Å²) < 4.78 is 24.8. The van der Waals surface area contributed by atoms with Crippen LogP contribution < -0.4 is 10.0 Å². The molecule has 0 bridgehead atoms. The fraction of sp³-hybridized carbons (Fsp3) is 0.250. The van der Waals surface area contributed by atoms with Gasteiger partial charge in [0.1, 0.15) is 0 Å². The topological polar surface area (TPSA) is 75.3 Å². The Balaban J connectivity index is 1.94. The highest BCUT2D eigenvalue weighted by Gasteiger charge is 2.08. The van der Waals surface area contributed by atoms with Crippen molar-refractivity contribution < 1.29 is 13.2 Å². The first kappa shape index (κ1) is 19.7. The maximum absolute atomic E-state index is 12.1. The van der Waals surface area contributed by atoms with Gasteiger partial charge in [-0.05, 0) is 48.2 Å². The molecule has 2 aromatic rings. The zero-order valence-electron chi connectivity index (χ0n) is 15.2. The summed E-state index contributed by atoms with van der Waals surface area (Å²) in [5.74, 6) is -0.185. The number of hydrogen-bond donors (Lipinski definition) is 2. The molecule has 0 heterocycles. The Labute approximate surface area is 155 Å². The zero-order chi connectivity index (χ0) is 19.2. The number of carbonyl (C=O) groups excluding carboxylic acids is 1. The Morgan fingerprint density at radius 3 is 2.23 bits per heavy atom. The highest BCUT2D eigenvalue weighted by molar-refractivity contribution is 7.92. The van der Waals surface area contributed by atoms with Crippen LogP contribution in [0.4, 0.5) is 5.69 Å². The minimum Gasteiger partial charge on any atom is -0.346 e. The van der Waals surface area contributed by atoms with Crippen molar-refractivity contribution >= 4 is 27.7 Å². The van der Waals surface area contributed by atoms with Crippen LogP contribution in [-0.2, 0) is 21.2 Å². The smallest absolute Gasteiger partial charge is 0.244 e. The van der Waals surface area contributed by atoms with E-state index in [1.165, 1.54) is 11.6 Å². The Morgan fingerprint density at radius 2 is 1.69 bits per heavy atom. The van der Waals surface area contributed by atoms with Gasteiger partial charge in [-0.1, -0.05) is 43.3 Å². The van der Waals surface area contributed by atoms with Crippen molar-refractivity contribution in [3.05, 3.63) is 71.3 Å². The molecule has 5 nitrogen and oxygen atoms in total. The van der Waals surface area contributed by atoms with Gasteiger partial charge in [0, 0.05) is 11.8 Å². The molecule has 0 aromatic heterocycles. The zero-order valence-corrected chi connectivity index (χ0v) is 16.0. The van der Waals surface area contributed by atoms with Gasteiger partial charge in [-0.2, -0.15) is 0 Å². The predicted octanol–water partition coefficient (Wildman–Crippen LogP) is 3.51. The fourth-order valence-electron chi connectivity index (χ4n) is 2.44. The Kier molecular flexibility index (Phi) is 6.58. The summed E-state index contributed by atoms with van der Waals surface area (Å²) in [6.07, 6.45) is 5.38. The first-order valence-corrected chi connectivity index (χ1v) is 10.3. The molecule has 2 N–H and O–H groups in total. The van der Waals surface area contributed by atoms with E-state index in [0.717, 1.165) is 23.8 Å². The monoisotopic (exact) mass is 372 g/mol. The molecule has 1 unspecified atom stereocenters. The number of amides is 1. The molecule has 2 rings (SSSR count). The number of sulfonamides is 1. The van der Waals surface area contributed by atoms with Crippen molar-refractivity contribution in [1.29, 1.82) is 0 Å². The third-order valence-corrected chi connectivity index (χ3v) is 4.49. The lowest BCUT2D eigenvalue weighted by Crippen LogP contribution is -2.24. The Hall–Kier alpha value is -2.60. The molecule has 0 aliphatic heterocycles. The minimum atomic E-state index is -3.30. The van der Waals surface area contributed by atoms with Crippen LogP contribution in [0.25, 0.3) is 6.08 Å². The molecule has 0 radical (unpaired) electrons. The summed E-state index contributed by atoms with van der Waals surface area (Å²) in [4.78, 5) is 12.1. The van der Waals surface area contributed by atoms with Gasteiger partial charge >= 0.3 is 0 Å². The van der Waals surface area contributed by atoms with E-state index in [4.69, 9.17) is 0 Å². The van der Waals surface area contributed by atoms with Crippen molar-refractivity contribution in [3.63, 3.8) is 0 Å². The normalized spacial score (nSPS) is 12.7. The molecule has 1 atom stereocenters. The van der Waals surface area contributed by atoms with E-state index in [2.05, 4.69) is 17.0 Å². The lowest BCUT2D eigenvalue weighted by Gasteiger charge is -2.14. The highest BCUT2D eigenvalue weighted by atomic mass is 32.2. The molecule has 26 heavy (non-hydrogen) atoms. The number of rotatable bonds is 7. The molecule has 138 valence electrons. The third-order valence-electron chi connectivity index (χ3n) is 3.89. The van der Waals surface area contributed by atoms with E-state index in [0.29, 0.717) is 5.69 Å². The van der Waals surface area contributed by atoms with Gasteiger partial charge < -0.3 is 5.32 Å². The van der Waals surface area contributed by atoms with E-state index >= 15 is 0 Å². The molecule has 0 saturated heterocycles. The summed E-state index contributed by atoms with van der Waals surface area (Å²) in [6.45, 7) is 3.98. The second-order valence-corrected chi connectivity index (χ2v) is 7.90. The van der Waals surface area contributed by atoms with E-state index in [-0.39, 0.29) is 11.9 Å². The highest BCUT2D eigenvalue weighted by Crippen LogP contribution is 2.17. The van der Waals surface area contributed by atoms with Gasteiger partial charge in [-0.3, -0.25) is 9.52 Å². The van der Waals surface area contributed by atoms with Crippen LogP contribution in [0, 0.1) is 0 Å². The van der Waals surface area contributed by atoms with Crippen LogP contribution in [0.15, 0.2) is 54.6 Å². The van der Waals surface area contributed by atoms with Crippen molar-refractivity contribution in [1.82, 2.24) is 5.32 Å². The molecule has 0 saturated carbocycles. The van der Waals surface area contributed by atoms with Crippen LogP contribution in [0.2, 0.25) is 0 Å². The quantitative estimate of drug-likeness (QED) is 0.730. The van der Waals surface area contributed by atoms with Gasteiger partial charge in [0.15, 0.2) is 0 Å². The van der Waals surface area contributed by atoms with Crippen LogP contribution in [-0.4, -0.2) is 20.6 Å². The summed E-state index contributed by atoms with van der Waals surface area (Å²) >= 11 is 0. The van der Waals surface area contributed by atoms with Gasteiger partial charge in [0.2, 0.25) is 15.9 Å². The minimum absolute atomic E-state index is 0.185.